The molecule has 1 atom stereocenters. The van der Waals surface area contributed by atoms with E-state index in [2.05, 4.69) is 17.6 Å². The van der Waals surface area contributed by atoms with E-state index in [1.807, 2.05) is 11.8 Å². The van der Waals surface area contributed by atoms with Gasteiger partial charge >= 0.3 is 0 Å². The summed E-state index contributed by atoms with van der Waals surface area (Å²) in [5.41, 5.74) is 0. The van der Waals surface area contributed by atoms with Crippen molar-refractivity contribution >= 4 is 24.2 Å². The topological polar surface area (TPSA) is 61.4 Å². The highest BCUT2D eigenvalue weighted by Gasteiger charge is 2.19. The van der Waals surface area contributed by atoms with Gasteiger partial charge in [0.1, 0.15) is 0 Å². The molecule has 1 aliphatic heterocycles. The van der Waals surface area contributed by atoms with Crippen LogP contribution in [0.25, 0.3) is 0 Å². The number of amides is 2. The van der Waals surface area contributed by atoms with Crippen molar-refractivity contribution in [3.8, 4) is 0 Å². The fraction of sp³-hybridized carbons (Fsp3) is 0.846. The minimum Gasteiger partial charge on any atom is -0.356 e. The number of rotatable bonds is 6. The number of carbonyl (C=O) groups is 2. The lowest BCUT2D eigenvalue weighted by Gasteiger charge is -2.32. The number of nitrogens with one attached hydrogen (secondary N) is 2. The standard InChI is InChI=1S/C13H25N3O2.ClH/c1-3-7-15-12(17)5-4-6-13(18)16-9-8-14-11(2)10-16;/h11,14H,3-10H2,1-2H3,(H,15,17);1H. The van der Waals surface area contributed by atoms with Crippen LogP contribution in [0.4, 0.5) is 0 Å². The van der Waals surface area contributed by atoms with E-state index in [0.717, 1.165) is 32.6 Å². The van der Waals surface area contributed by atoms with Gasteiger partial charge in [0.05, 0.1) is 0 Å². The molecule has 5 nitrogen and oxygen atoms in total. The Morgan fingerprint density at radius 3 is 2.74 bits per heavy atom. The third-order valence-corrected chi connectivity index (χ3v) is 3.09. The fourth-order valence-corrected chi connectivity index (χ4v) is 2.07. The van der Waals surface area contributed by atoms with Gasteiger partial charge in [-0.25, -0.2) is 0 Å². The molecule has 112 valence electrons. The van der Waals surface area contributed by atoms with Crippen LogP contribution in [0.15, 0.2) is 0 Å². The summed E-state index contributed by atoms with van der Waals surface area (Å²) in [6, 6.07) is 0.371. The van der Waals surface area contributed by atoms with Crippen LogP contribution in [0.1, 0.15) is 39.5 Å². The molecular weight excluding hydrogens is 266 g/mol. The first-order valence-electron chi connectivity index (χ1n) is 6.91. The molecule has 0 radical (unpaired) electrons. The van der Waals surface area contributed by atoms with Crippen LogP contribution in [0.3, 0.4) is 0 Å². The molecule has 0 aromatic heterocycles. The van der Waals surface area contributed by atoms with Crippen molar-refractivity contribution in [2.75, 3.05) is 26.2 Å². The molecule has 0 spiro atoms. The summed E-state index contributed by atoms with van der Waals surface area (Å²) in [5.74, 6) is 0.227. The average Bonchev–Trinajstić information content (AvgIpc) is 2.36. The Morgan fingerprint density at radius 2 is 2.11 bits per heavy atom. The van der Waals surface area contributed by atoms with Crippen molar-refractivity contribution < 1.29 is 9.59 Å². The molecule has 19 heavy (non-hydrogen) atoms. The Balaban J connectivity index is 0.00000324. The molecule has 1 saturated heterocycles. The predicted molar refractivity (Wildman–Crippen MR) is 78.4 cm³/mol. The Labute approximate surface area is 121 Å². The predicted octanol–water partition coefficient (Wildman–Crippen LogP) is 0.925. The van der Waals surface area contributed by atoms with Crippen molar-refractivity contribution in [3.63, 3.8) is 0 Å². The highest BCUT2D eigenvalue weighted by atomic mass is 35.5. The third kappa shape index (κ3) is 7.38. The van der Waals surface area contributed by atoms with Crippen LogP contribution in [0, 0.1) is 0 Å². The van der Waals surface area contributed by atoms with Crippen LogP contribution in [-0.4, -0.2) is 48.9 Å². The molecule has 2 amide bonds. The number of piperazine rings is 1. The van der Waals surface area contributed by atoms with E-state index < -0.39 is 0 Å². The SMILES string of the molecule is CCCNC(=O)CCCC(=O)N1CCNC(C)C1.Cl. The van der Waals surface area contributed by atoms with Gasteiger partial charge in [-0.05, 0) is 19.8 Å². The van der Waals surface area contributed by atoms with E-state index >= 15 is 0 Å². The molecule has 1 fully saturated rings. The van der Waals surface area contributed by atoms with Crippen LogP contribution in [0.2, 0.25) is 0 Å². The van der Waals surface area contributed by atoms with Gasteiger partial charge in [0.15, 0.2) is 0 Å². The van der Waals surface area contributed by atoms with Gasteiger partial charge in [-0.1, -0.05) is 6.92 Å². The summed E-state index contributed by atoms with van der Waals surface area (Å²) < 4.78 is 0. The maximum Gasteiger partial charge on any atom is 0.222 e. The molecule has 6 heteroatoms. The van der Waals surface area contributed by atoms with E-state index in [4.69, 9.17) is 0 Å². The number of carbonyl (C=O) groups excluding carboxylic acids is 2. The smallest absolute Gasteiger partial charge is 0.222 e. The van der Waals surface area contributed by atoms with Gasteiger partial charge in [-0.2, -0.15) is 0 Å². The number of hydrogen-bond acceptors (Lipinski definition) is 3. The zero-order chi connectivity index (χ0) is 13.4. The summed E-state index contributed by atoms with van der Waals surface area (Å²) in [6.45, 7) is 7.26. The molecule has 0 aromatic carbocycles. The second-order valence-corrected chi connectivity index (χ2v) is 4.90. The lowest BCUT2D eigenvalue weighted by atomic mass is 10.1. The summed E-state index contributed by atoms with van der Waals surface area (Å²) in [6.07, 6.45) is 2.52. The highest BCUT2D eigenvalue weighted by molar-refractivity contribution is 5.85. The van der Waals surface area contributed by atoms with E-state index in [0.29, 0.717) is 25.3 Å². The van der Waals surface area contributed by atoms with Gasteiger partial charge in [0.2, 0.25) is 11.8 Å². The Bertz CT molecular complexity index is 287. The first-order chi connectivity index (χ1) is 8.63. The first kappa shape index (κ1) is 18.2. The molecule has 0 aromatic rings. The monoisotopic (exact) mass is 291 g/mol. The van der Waals surface area contributed by atoms with E-state index in [-0.39, 0.29) is 24.2 Å². The molecule has 1 rings (SSSR count). The molecular formula is C13H26ClN3O2. The number of nitrogens with zero attached hydrogens (tertiary/aromatic N) is 1. The Morgan fingerprint density at radius 1 is 1.37 bits per heavy atom. The van der Waals surface area contributed by atoms with Crippen LogP contribution in [-0.2, 0) is 9.59 Å². The molecule has 1 aliphatic rings. The summed E-state index contributed by atoms with van der Waals surface area (Å²) in [4.78, 5) is 25.2. The Hall–Kier alpha value is -0.810. The normalized spacial score (nSPS) is 18.6. The quantitative estimate of drug-likeness (QED) is 0.765. The van der Waals surface area contributed by atoms with Crippen LogP contribution in [0.5, 0.6) is 0 Å². The average molecular weight is 292 g/mol. The first-order valence-corrected chi connectivity index (χ1v) is 6.91. The van der Waals surface area contributed by atoms with E-state index in [1.165, 1.54) is 0 Å². The van der Waals surface area contributed by atoms with Crippen molar-refractivity contribution in [2.24, 2.45) is 0 Å². The summed E-state index contributed by atoms with van der Waals surface area (Å²) in [7, 11) is 0. The zero-order valence-electron chi connectivity index (χ0n) is 11.9. The maximum absolute atomic E-state index is 11.9. The second kappa shape index (κ2) is 10.0. The van der Waals surface area contributed by atoms with E-state index in [9.17, 15) is 9.59 Å². The zero-order valence-corrected chi connectivity index (χ0v) is 12.7. The Kier molecular flexibility index (Phi) is 9.61. The molecule has 0 saturated carbocycles. The fourth-order valence-electron chi connectivity index (χ4n) is 2.07. The number of hydrogen-bond donors (Lipinski definition) is 2. The third-order valence-electron chi connectivity index (χ3n) is 3.09. The maximum atomic E-state index is 11.9. The van der Waals surface area contributed by atoms with Gasteiger partial charge in [-0.3, -0.25) is 9.59 Å². The van der Waals surface area contributed by atoms with Crippen LogP contribution < -0.4 is 10.6 Å². The van der Waals surface area contributed by atoms with Crippen molar-refractivity contribution in [3.05, 3.63) is 0 Å². The molecule has 0 bridgehead atoms. The van der Waals surface area contributed by atoms with Crippen LogP contribution >= 0.6 is 12.4 Å². The van der Waals surface area contributed by atoms with Gasteiger partial charge in [0.25, 0.3) is 0 Å². The molecule has 1 unspecified atom stereocenters. The second-order valence-electron chi connectivity index (χ2n) is 4.90. The molecule has 1 heterocycles. The molecule has 2 N–H and O–H groups in total. The van der Waals surface area contributed by atoms with Crippen molar-refractivity contribution in [1.29, 1.82) is 0 Å². The molecule has 0 aliphatic carbocycles. The summed E-state index contributed by atoms with van der Waals surface area (Å²) >= 11 is 0. The van der Waals surface area contributed by atoms with Gasteiger partial charge < -0.3 is 15.5 Å². The lowest BCUT2D eigenvalue weighted by Crippen LogP contribution is -2.51. The lowest BCUT2D eigenvalue weighted by molar-refractivity contribution is -0.132. The van der Waals surface area contributed by atoms with Crippen molar-refractivity contribution in [2.45, 2.75) is 45.6 Å². The van der Waals surface area contributed by atoms with E-state index in [1.54, 1.807) is 0 Å². The highest BCUT2D eigenvalue weighted by Crippen LogP contribution is 2.05. The summed E-state index contributed by atoms with van der Waals surface area (Å²) in [5, 5.41) is 6.13. The van der Waals surface area contributed by atoms with Gasteiger partial charge in [0, 0.05) is 45.1 Å². The largest absolute Gasteiger partial charge is 0.356 e. The van der Waals surface area contributed by atoms with Crippen molar-refractivity contribution in [1.82, 2.24) is 15.5 Å². The number of halogens is 1. The minimum atomic E-state index is 0. The minimum absolute atomic E-state index is 0. The van der Waals surface area contributed by atoms with Gasteiger partial charge in [-0.15, -0.1) is 12.4 Å².